The Balaban J connectivity index is 1.83. The van der Waals surface area contributed by atoms with E-state index in [1.54, 1.807) is 42.1 Å². The quantitative estimate of drug-likeness (QED) is 0.799. The van der Waals surface area contributed by atoms with Gasteiger partial charge in [-0.1, -0.05) is 11.6 Å². The second kappa shape index (κ2) is 7.29. The molecule has 0 spiro atoms. The molecule has 3 rings (SSSR count). The van der Waals surface area contributed by atoms with Gasteiger partial charge < -0.3 is 11.1 Å². The summed E-state index contributed by atoms with van der Waals surface area (Å²) in [6.45, 7) is 3.98. The van der Waals surface area contributed by atoms with Crippen molar-refractivity contribution < 1.29 is 9.18 Å². The van der Waals surface area contributed by atoms with Gasteiger partial charge in [-0.2, -0.15) is 0 Å². The van der Waals surface area contributed by atoms with Crippen LogP contribution in [0.15, 0.2) is 47.5 Å². The molecule has 1 heterocycles. The molecule has 136 valence electrons. The zero-order valence-corrected chi connectivity index (χ0v) is 16.0. The molecule has 1 unspecified atom stereocenters. The van der Waals surface area contributed by atoms with Gasteiger partial charge in [-0.15, -0.1) is 11.8 Å². The zero-order chi connectivity index (χ0) is 18.9. The third-order valence-corrected chi connectivity index (χ3v) is 5.90. The van der Waals surface area contributed by atoms with E-state index in [0.29, 0.717) is 33.4 Å². The number of rotatable bonds is 3. The molecular formula is C19H19ClFN3OS. The molecule has 1 aliphatic rings. The molecule has 0 radical (unpaired) electrons. The van der Waals surface area contributed by atoms with Gasteiger partial charge in [0.05, 0.1) is 10.8 Å². The molecule has 2 aromatic rings. The van der Waals surface area contributed by atoms with Gasteiger partial charge in [-0.3, -0.25) is 9.79 Å². The van der Waals surface area contributed by atoms with Crippen molar-refractivity contribution in [2.24, 2.45) is 10.7 Å². The summed E-state index contributed by atoms with van der Waals surface area (Å²) in [4.78, 5) is 16.8. The SMILES string of the molecule is CC1(C)SCC(c2cc(NC(=O)c3ccc(Cl)cc3)ccc2F)N=C1N. The van der Waals surface area contributed by atoms with Crippen molar-refractivity contribution in [1.82, 2.24) is 0 Å². The van der Waals surface area contributed by atoms with Gasteiger partial charge in [0.25, 0.3) is 5.91 Å². The number of aliphatic imine (C=N–C) groups is 1. The Hall–Kier alpha value is -2.05. The number of anilines is 1. The lowest BCUT2D eigenvalue weighted by molar-refractivity contribution is 0.102. The number of nitrogens with zero attached hydrogens (tertiary/aromatic N) is 1. The fraction of sp³-hybridized carbons (Fsp3) is 0.263. The summed E-state index contributed by atoms with van der Waals surface area (Å²) >= 11 is 7.47. The molecule has 4 nitrogen and oxygen atoms in total. The third-order valence-electron chi connectivity index (χ3n) is 4.23. The van der Waals surface area contributed by atoms with Crippen LogP contribution in [0.2, 0.25) is 5.02 Å². The third kappa shape index (κ3) is 4.02. The molecule has 0 bridgehead atoms. The van der Waals surface area contributed by atoms with E-state index in [-0.39, 0.29) is 22.5 Å². The van der Waals surface area contributed by atoms with E-state index in [1.807, 2.05) is 13.8 Å². The van der Waals surface area contributed by atoms with Crippen molar-refractivity contribution in [3.05, 3.63) is 64.4 Å². The Kier molecular flexibility index (Phi) is 5.25. The van der Waals surface area contributed by atoms with Crippen LogP contribution in [0, 0.1) is 5.82 Å². The predicted octanol–water partition coefficient (Wildman–Crippen LogP) is 4.66. The molecule has 26 heavy (non-hydrogen) atoms. The van der Waals surface area contributed by atoms with E-state index in [1.165, 1.54) is 12.1 Å². The molecule has 1 amide bonds. The molecule has 0 saturated heterocycles. The molecule has 0 saturated carbocycles. The highest BCUT2D eigenvalue weighted by molar-refractivity contribution is 8.01. The lowest BCUT2D eigenvalue weighted by Gasteiger charge is -2.31. The minimum atomic E-state index is -0.375. The lowest BCUT2D eigenvalue weighted by Crippen LogP contribution is -2.39. The highest BCUT2D eigenvalue weighted by Gasteiger charge is 2.31. The van der Waals surface area contributed by atoms with E-state index in [0.717, 1.165) is 0 Å². The molecule has 0 fully saturated rings. The number of hydrogen-bond donors (Lipinski definition) is 2. The number of nitrogens with one attached hydrogen (secondary N) is 1. The largest absolute Gasteiger partial charge is 0.386 e. The maximum Gasteiger partial charge on any atom is 0.255 e. The Morgan fingerprint density at radius 3 is 2.65 bits per heavy atom. The van der Waals surface area contributed by atoms with Crippen LogP contribution < -0.4 is 11.1 Å². The van der Waals surface area contributed by atoms with Crippen molar-refractivity contribution in [3.63, 3.8) is 0 Å². The maximum absolute atomic E-state index is 14.3. The van der Waals surface area contributed by atoms with Crippen molar-refractivity contribution in [2.75, 3.05) is 11.1 Å². The number of amides is 1. The van der Waals surface area contributed by atoms with Gasteiger partial charge in [-0.25, -0.2) is 4.39 Å². The smallest absolute Gasteiger partial charge is 0.255 e. The fourth-order valence-electron chi connectivity index (χ4n) is 2.56. The number of benzene rings is 2. The molecule has 3 N–H and O–H groups in total. The van der Waals surface area contributed by atoms with Crippen LogP contribution in [0.5, 0.6) is 0 Å². The monoisotopic (exact) mass is 391 g/mol. The van der Waals surface area contributed by atoms with Crippen molar-refractivity contribution in [1.29, 1.82) is 0 Å². The van der Waals surface area contributed by atoms with Crippen molar-refractivity contribution >= 4 is 40.8 Å². The summed E-state index contributed by atoms with van der Waals surface area (Å²) < 4.78 is 14.1. The van der Waals surface area contributed by atoms with Crippen LogP contribution in [-0.2, 0) is 0 Å². The first-order valence-electron chi connectivity index (χ1n) is 8.10. The molecule has 1 atom stereocenters. The first kappa shape index (κ1) is 18.7. The summed E-state index contributed by atoms with van der Waals surface area (Å²) in [6.07, 6.45) is 0. The molecular weight excluding hydrogens is 373 g/mol. The van der Waals surface area contributed by atoms with E-state index >= 15 is 0 Å². The summed E-state index contributed by atoms with van der Waals surface area (Å²) in [5, 5.41) is 3.33. The number of amidine groups is 1. The molecule has 0 aliphatic carbocycles. The van der Waals surface area contributed by atoms with Crippen LogP contribution in [0.1, 0.15) is 35.8 Å². The Labute approximate surface area is 161 Å². The molecule has 2 aromatic carbocycles. The van der Waals surface area contributed by atoms with Crippen LogP contribution in [0.25, 0.3) is 0 Å². The highest BCUT2D eigenvalue weighted by Crippen LogP contribution is 2.37. The number of carbonyl (C=O) groups is 1. The Bertz CT molecular complexity index is 868. The van der Waals surface area contributed by atoms with Gasteiger partial charge in [0, 0.05) is 27.6 Å². The van der Waals surface area contributed by atoms with Gasteiger partial charge in [-0.05, 0) is 56.3 Å². The van der Waals surface area contributed by atoms with Gasteiger partial charge >= 0.3 is 0 Å². The Morgan fingerprint density at radius 1 is 1.31 bits per heavy atom. The lowest BCUT2D eigenvalue weighted by atomic mass is 10.1. The molecule has 0 aromatic heterocycles. The normalized spacial score (nSPS) is 18.9. The Morgan fingerprint density at radius 2 is 2.00 bits per heavy atom. The summed E-state index contributed by atoms with van der Waals surface area (Å²) in [5.41, 5.74) is 7.42. The summed E-state index contributed by atoms with van der Waals surface area (Å²) in [5.74, 6) is 0.464. The zero-order valence-electron chi connectivity index (χ0n) is 14.4. The predicted molar refractivity (Wildman–Crippen MR) is 107 cm³/mol. The van der Waals surface area contributed by atoms with E-state index < -0.39 is 0 Å². The minimum absolute atomic E-state index is 0.257. The average molecular weight is 392 g/mol. The number of nitrogens with two attached hydrogens (primary N) is 1. The topological polar surface area (TPSA) is 67.5 Å². The van der Waals surface area contributed by atoms with E-state index in [4.69, 9.17) is 17.3 Å². The first-order chi connectivity index (χ1) is 12.3. The molecule has 7 heteroatoms. The summed E-state index contributed by atoms with van der Waals surface area (Å²) in [7, 11) is 0. The second-order valence-electron chi connectivity index (χ2n) is 6.55. The van der Waals surface area contributed by atoms with Crippen LogP contribution in [-0.4, -0.2) is 22.2 Å². The second-order valence-corrected chi connectivity index (χ2v) is 8.63. The van der Waals surface area contributed by atoms with Crippen LogP contribution in [0.4, 0.5) is 10.1 Å². The minimum Gasteiger partial charge on any atom is -0.386 e. The first-order valence-corrected chi connectivity index (χ1v) is 9.47. The van der Waals surface area contributed by atoms with Crippen LogP contribution >= 0.6 is 23.4 Å². The number of thioether (sulfide) groups is 1. The van der Waals surface area contributed by atoms with Gasteiger partial charge in [0.2, 0.25) is 0 Å². The maximum atomic E-state index is 14.3. The van der Waals surface area contributed by atoms with Gasteiger partial charge in [0.15, 0.2) is 0 Å². The standard InChI is InChI=1S/C19H19ClFN3OS/c1-19(2)18(22)24-16(10-26-19)14-9-13(7-8-15(14)21)23-17(25)11-3-5-12(20)6-4-11/h3-9,16H,10H2,1-2H3,(H2,22,24)(H,23,25). The fourth-order valence-corrected chi connectivity index (χ4v) is 3.72. The summed E-state index contributed by atoms with van der Waals surface area (Å²) in [6, 6.07) is 10.7. The van der Waals surface area contributed by atoms with Crippen molar-refractivity contribution in [3.8, 4) is 0 Å². The number of hydrogen-bond acceptors (Lipinski definition) is 4. The van der Waals surface area contributed by atoms with Crippen LogP contribution in [0.3, 0.4) is 0 Å². The van der Waals surface area contributed by atoms with Gasteiger partial charge in [0.1, 0.15) is 11.7 Å². The van der Waals surface area contributed by atoms with E-state index in [9.17, 15) is 9.18 Å². The molecule has 1 aliphatic heterocycles. The number of halogens is 2. The highest BCUT2D eigenvalue weighted by atomic mass is 35.5. The average Bonchev–Trinajstić information content (AvgIpc) is 2.60. The van der Waals surface area contributed by atoms with E-state index in [2.05, 4.69) is 10.3 Å². The van der Waals surface area contributed by atoms with Crippen molar-refractivity contribution in [2.45, 2.75) is 24.6 Å². The number of carbonyl (C=O) groups excluding carboxylic acids is 1.